The first-order valence-electron chi connectivity index (χ1n) is 9.73. The van der Waals surface area contributed by atoms with Crippen LogP contribution in [-0.4, -0.2) is 49.9 Å². The standard InChI is InChI=1S/C22H23N3O4S/c26-22(21-15-19(16-23-21)30(27,28)25-10-12-29-13-11-25)24-20-9-5-4-8-18(20)14-17-6-2-1-3-7-17/h1-9,15-16,23H,10-14H2,(H,24,26). The Morgan fingerprint density at radius 3 is 2.50 bits per heavy atom. The van der Waals surface area contributed by atoms with Gasteiger partial charge in [0.05, 0.1) is 13.2 Å². The van der Waals surface area contributed by atoms with Gasteiger partial charge in [-0.1, -0.05) is 48.5 Å². The maximum Gasteiger partial charge on any atom is 0.272 e. The number of carbonyl (C=O) groups excluding carboxylic acids is 1. The Morgan fingerprint density at radius 1 is 1.03 bits per heavy atom. The third kappa shape index (κ3) is 4.46. The summed E-state index contributed by atoms with van der Waals surface area (Å²) < 4.78 is 32.1. The lowest BCUT2D eigenvalue weighted by Gasteiger charge is -2.25. The Labute approximate surface area is 175 Å². The summed E-state index contributed by atoms with van der Waals surface area (Å²) in [4.78, 5) is 15.6. The van der Waals surface area contributed by atoms with E-state index in [1.165, 1.54) is 16.6 Å². The minimum absolute atomic E-state index is 0.0760. The zero-order chi connectivity index (χ0) is 21.0. The van der Waals surface area contributed by atoms with Gasteiger partial charge in [-0.3, -0.25) is 4.79 Å². The molecule has 0 aliphatic carbocycles. The predicted octanol–water partition coefficient (Wildman–Crippen LogP) is 2.88. The van der Waals surface area contributed by atoms with Crippen LogP contribution in [0.25, 0.3) is 0 Å². The van der Waals surface area contributed by atoms with Crippen LogP contribution in [0.4, 0.5) is 5.69 Å². The summed E-state index contributed by atoms with van der Waals surface area (Å²) in [6.45, 7) is 1.36. The third-order valence-electron chi connectivity index (χ3n) is 5.01. The van der Waals surface area contributed by atoms with E-state index < -0.39 is 10.0 Å². The van der Waals surface area contributed by atoms with Gasteiger partial charge in [-0.05, 0) is 29.7 Å². The number of amides is 1. The summed E-state index contributed by atoms with van der Waals surface area (Å²) in [5.74, 6) is -0.390. The van der Waals surface area contributed by atoms with Gasteiger partial charge >= 0.3 is 0 Å². The summed E-state index contributed by atoms with van der Waals surface area (Å²) in [6.07, 6.45) is 2.04. The number of rotatable bonds is 6. The first-order valence-corrected chi connectivity index (χ1v) is 11.2. The van der Waals surface area contributed by atoms with Crippen LogP contribution in [0.5, 0.6) is 0 Å². The topological polar surface area (TPSA) is 91.5 Å². The number of para-hydroxylation sites is 1. The second-order valence-electron chi connectivity index (χ2n) is 7.04. The number of carbonyl (C=O) groups is 1. The van der Waals surface area contributed by atoms with Crippen LogP contribution in [0.2, 0.25) is 0 Å². The van der Waals surface area contributed by atoms with E-state index in [4.69, 9.17) is 4.74 Å². The number of aromatic nitrogens is 1. The van der Waals surface area contributed by atoms with E-state index in [0.717, 1.165) is 11.1 Å². The van der Waals surface area contributed by atoms with Crippen molar-refractivity contribution in [1.82, 2.24) is 9.29 Å². The maximum atomic E-state index is 12.8. The first-order chi connectivity index (χ1) is 14.5. The van der Waals surface area contributed by atoms with Crippen molar-refractivity contribution >= 4 is 21.6 Å². The molecule has 8 heteroatoms. The predicted molar refractivity (Wildman–Crippen MR) is 114 cm³/mol. The zero-order valence-corrected chi connectivity index (χ0v) is 17.2. The minimum atomic E-state index is -3.65. The molecule has 0 radical (unpaired) electrons. The third-order valence-corrected chi connectivity index (χ3v) is 6.89. The lowest BCUT2D eigenvalue weighted by atomic mass is 10.0. The summed E-state index contributed by atoms with van der Waals surface area (Å²) in [7, 11) is -3.65. The lowest BCUT2D eigenvalue weighted by Crippen LogP contribution is -2.40. The number of hydrogen-bond acceptors (Lipinski definition) is 4. The number of benzene rings is 2. The largest absolute Gasteiger partial charge is 0.379 e. The van der Waals surface area contributed by atoms with Crippen LogP contribution in [0, 0.1) is 0 Å². The summed E-state index contributed by atoms with van der Waals surface area (Å²) in [6, 6.07) is 18.9. The van der Waals surface area contributed by atoms with Gasteiger partial charge in [-0.2, -0.15) is 4.31 Å². The molecule has 3 aromatic rings. The van der Waals surface area contributed by atoms with Crippen molar-refractivity contribution in [1.29, 1.82) is 0 Å². The molecule has 1 aliphatic heterocycles. The van der Waals surface area contributed by atoms with Crippen molar-refractivity contribution in [2.45, 2.75) is 11.3 Å². The van der Waals surface area contributed by atoms with E-state index >= 15 is 0 Å². The molecule has 156 valence electrons. The molecule has 1 amide bonds. The van der Waals surface area contributed by atoms with Crippen molar-refractivity contribution < 1.29 is 17.9 Å². The molecule has 30 heavy (non-hydrogen) atoms. The molecule has 7 nitrogen and oxygen atoms in total. The molecule has 0 unspecified atom stereocenters. The molecule has 1 fully saturated rings. The second kappa shape index (κ2) is 8.83. The number of aromatic amines is 1. The summed E-state index contributed by atoms with van der Waals surface area (Å²) >= 11 is 0. The Hall–Kier alpha value is -2.94. The smallest absolute Gasteiger partial charge is 0.272 e. The van der Waals surface area contributed by atoms with E-state index in [0.29, 0.717) is 38.4 Å². The molecule has 0 bridgehead atoms. The molecule has 0 atom stereocenters. The molecule has 1 aromatic heterocycles. The quantitative estimate of drug-likeness (QED) is 0.635. The first kappa shape index (κ1) is 20.3. The zero-order valence-electron chi connectivity index (χ0n) is 16.4. The Kier molecular flexibility index (Phi) is 5.98. The SMILES string of the molecule is O=C(Nc1ccccc1Cc1ccccc1)c1cc(S(=O)(=O)N2CCOCC2)c[nH]1. The fourth-order valence-electron chi connectivity index (χ4n) is 3.39. The van der Waals surface area contributed by atoms with Crippen LogP contribution in [0.3, 0.4) is 0 Å². The van der Waals surface area contributed by atoms with Gasteiger partial charge in [-0.15, -0.1) is 0 Å². The van der Waals surface area contributed by atoms with Gasteiger partial charge in [0.15, 0.2) is 0 Å². The van der Waals surface area contributed by atoms with Crippen molar-refractivity contribution in [3.05, 3.63) is 83.7 Å². The van der Waals surface area contributed by atoms with E-state index in [1.54, 1.807) is 0 Å². The maximum absolute atomic E-state index is 12.8. The van der Waals surface area contributed by atoms with Gasteiger partial charge in [-0.25, -0.2) is 8.42 Å². The van der Waals surface area contributed by atoms with Gasteiger partial charge in [0, 0.05) is 25.0 Å². The van der Waals surface area contributed by atoms with E-state index in [2.05, 4.69) is 10.3 Å². The highest BCUT2D eigenvalue weighted by Crippen LogP contribution is 2.22. The number of ether oxygens (including phenoxy) is 1. The van der Waals surface area contributed by atoms with E-state index in [9.17, 15) is 13.2 Å². The Morgan fingerprint density at radius 2 is 1.73 bits per heavy atom. The molecular formula is C22H23N3O4S. The number of morpholine rings is 1. The van der Waals surface area contributed by atoms with Crippen molar-refractivity contribution in [3.8, 4) is 0 Å². The number of hydrogen-bond donors (Lipinski definition) is 2. The minimum Gasteiger partial charge on any atom is -0.379 e. The average molecular weight is 426 g/mol. The van der Waals surface area contributed by atoms with Crippen molar-refractivity contribution in [2.24, 2.45) is 0 Å². The normalized spacial score (nSPS) is 15.1. The Bertz CT molecular complexity index is 1120. The molecule has 0 saturated carbocycles. The molecule has 2 aromatic carbocycles. The highest BCUT2D eigenvalue weighted by Gasteiger charge is 2.28. The number of nitrogens with zero attached hydrogens (tertiary/aromatic N) is 1. The fraction of sp³-hybridized carbons (Fsp3) is 0.227. The van der Waals surface area contributed by atoms with Crippen LogP contribution in [0.15, 0.2) is 71.8 Å². The monoisotopic (exact) mass is 425 g/mol. The number of H-pyrrole nitrogens is 1. The van der Waals surface area contributed by atoms with Crippen LogP contribution < -0.4 is 5.32 Å². The number of sulfonamides is 1. The number of nitrogens with one attached hydrogen (secondary N) is 2. The summed E-state index contributed by atoms with van der Waals surface area (Å²) in [5, 5.41) is 2.89. The highest BCUT2D eigenvalue weighted by atomic mass is 32.2. The highest BCUT2D eigenvalue weighted by molar-refractivity contribution is 7.89. The van der Waals surface area contributed by atoms with E-state index in [-0.39, 0.29) is 16.5 Å². The van der Waals surface area contributed by atoms with E-state index in [1.807, 2.05) is 54.6 Å². The lowest BCUT2D eigenvalue weighted by molar-refractivity contribution is 0.0730. The molecular weight excluding hydrogens is 402 g/mol. The molecule has 1 saturated heterocycles. The molecule has 4 rings (SSSR count). The van der Waals surface area contributed by atoms with Gasteiger partial charge < -0.3 is 15.0 Å². The van der Waals surface area contributed by atoms with Crippen molar-refractivity contribution in [3.63, 3.8) is 0 Å². The van der Waals surface area contributed by atoms with Crippen LogP contribution >= 0.6 is 0 Å². The Balaban J connectivity index is 1.50. The second-order valence-corrected chi connectivity index (χ2v) is 8.98. The molecule has 0 spiro atoms. The summed E-state index contributed by atoms with van der Waals surface area (Å²) in [5.41, 5.74) is 3.00. The fourth-order valence-corrected chi connectivity index (χ4v) is 4.79. The van der Waals surface area contributed by atoms with Gasteiger partial charge in [0.25, 0.3) is 5.91 Å². The van der Waals surface area contributed by atoms with Gasteiger partial charge in [0.2, 0.25) is 10.0 Å². The number of anilines is 1. The molecule has 2 N–H and O–H groups in total. The van der Waals surface area contributed by atoms with Crippen LogP contribution in [-0.2, 0) is 21.2 Å². The molecule has 2 heterocycles. The molecule has 1 aliphatic rings. The van der Waals surface area contributed by atoms with Crippen molar-refractivity contribution in [2.75, 3.05) is 31.6 Å². The average Bonchev–Trinajstić information content (AvgIpc) is 3.28. The van der Waals surface area contributed by atoms with Gasteiger partial charge in [0.1, 0.15) is 10.6 Å². The van der Waals surface area contributed by atoms with Crippen LogP contribution in [0.1, 0.15) is 21.6 Å².